The number of fused-ring (bicyclic) bond motifs is 1. The first-order valence-corrected chi connectivity index (χ1v) is 9.39. The van der Waals surface area contributed by atoms with Gasteiger partial charge < -0.3 is 21.4 Å². The van der Waals surface area contributed by atoms with Crippen molar-refractivity contribution in [2.24, 2.45) is 5.73 Å². The quantitative estimate of drug-likeness (QED) is 0.464. The molecule has 0 saturated carbocycles. The zero-order valence-corrected chi connectivity index (χ0v) is 16.1. The first kappa shape index (κ1) is 20.1. The number of para-hydroxylation sites is 1. The summed E-state index contributed by atoms with van der Waals surface area (Å²) in [6.45, 7) is 1.35. The molecule has 0 aliphatic heterocycles. The van der Waals surface area contributed by atoms with E-state index >= 15 is 0 Å². The van der Waals surface area contributed by atoms with Crippen LogP contribution >= 0.6 is 0 Å². The van der Waals surface area contributed by atoms with E-state index < -0.39 is 23.9 Å². The van der Waals surface area contributed by atoms with Crippen LogP contribution in [0.4, 0.5) is 0 Å². The number of primary amides is 1. The van der Waals surface area contributed by atoms with Crippen LogP contribution in [0.3, 0.4) is 0 Å². The van der Waals surface area contributed by atoms with Gasteiger partial charge in [0.2, 0.25) is 17.7 Å². The minimum Gasteiger partial charge on any atom is -0.368 e. The van der Waals surface area contributed by atoms with Crippen LogP contribution in [0.15, 0.2) is 60.8 Å². The molecule has 0 unspecified atom stereocenters. The molecule has 0 saturated heterocycles. The standard InChI is InChI=1S/C22H24N4O3/c1-14(27)25-20(12-16-13-24-18-10-6-5-9-17(16)18)22(29)26-19(21(23)28)11-15-7-3-2-4-8-15/h2-10,13,19-20,24H,11-12H2,1H3,(H2,23,28)(H,25,27)(H,26,29)/t19-,20-/m0/s1. The third kappa shape index (κ3) is 5.22. The molecule has 0 aliphatic rings. The Morgan fingerprint density at radius 2 is 1.62 bits per heavy atom. The molecule has 2 atom stereocenters. The van der Waals surface area contributed by atoms with Crippen molar-refractivity contribution in [2.45, 2.75) is 31.8 Å². The molecule has 0 radical (unpaired) electrons. The number of carbonyl (C=O) groups excluding carboxylic acids is 3. The van der Waals surface area contributed by atoms with Crippen molar-refractivity contribution in [3.63, 3.8) is 0 Å². The number of aromatic amines is 1. The molecular formula is C22H24N4O3. The maximum atomic E-state index is 12.9. The summed E-state index contributed by atoms with van der Waals surface area (Å²) in [6, 6.07) is 15.3. The molecule has 5 N–H and O–H groups in total. The average Bonchev–Trinajstić information content (AvgIpc) is 3.10. The molecule has 3 rings (SSSR count). The van der Waals surface area contributed by atoms with Gasteiger partial charge in [-0.15, -0.1) is 0 Å². The monoisotopic (exact) mass is 392 g/mol. The Kier molecular flexibility index (Phi) is 6.29. The van der Waals surface area contributed by atoms with Crippen molar-refractivity contribution in [2.75, 3.05) is 0 Å². The highest BCUT2D eigenvalue weighted by Gasteiger charge is 2.26. The lowest BCUT2D eigenvalue weighted by Crippen LogP contribution is -2.54. The van der Waals surface area contributed by atoms with Gasteiger partial charge in [0, 0.05) is 36.9 Å². The topological polar surface area (TPSA) is 117 Å². The summed E-state index contributed by atoms with van der Waals surface area (Å²) in [7, 11) is 0. The lowest BCUT2D eigenvalue weighted by atomic mass is 10.0. The largest absolute Gasteiger partial charge is 0.368 e. The van der Waals surface area contributed by atoms with Crippen LogP contribution in [0.25, 0.3) is 10.9 Å². The Balaban J connectivity index is 1.77. The molecule has 3 aromatic rings. The molecule has 7 nitrogen and oxygen atoms in total. The third-order valence-corrected chi connectivity index (χ3v) is 4.74. The smallest absolute Gasteiger partial charge is 0.243 e. The molecule has 7 heteroatoms. The third-order valence-electron chi connectivity index (χ3n) is 4.74. The fourth-order valence-electron chi connectivity index (χ4n) is 3.32. The van der Waals surface area contributed by atoms with Gasteiger partial charge in [0.25, 0.3) is 0 Å². The first-order chi connectivity index (χ1) is 13.9. The SMILES string of the molecule is CC(=O)N[C@@H](Cc1c[nH]c2ccccc12)C(=O)N[C@@H](Cc1ccccc1)C(N)=O. The van der Waals surface area contributed by atoms with E-state index in [2.05, 4.69) is 15.6 Å². The fourth-order valence-corrected chi connectivity index (χ4v) is 3.32. The van der Waals surface area contributed by atoms with Gasteiger partial charge in [-0.3, -0.25) is 14.4 Å². The maximum absolute atomic E-state index is 12.9. The lowest BCUT2D eigenvalue weighted by molar-refractivity contribution is -0.130. The van der Waals surface area contributed by atoms with Gasteiger partial charge in [0.05, 0.1) is 0 Å². The van der Waals surface area contributed by atoms with E-state index in [9.17, 15) is 14.4 Å². The molecule has 1 aromatic heterocycles. The van der Waals surface area contributed by atoms with Gasteiger partial charge in [-0.2, -0.15) is 0 Å². The van der Waals surface area contributed by atoms with Crippen LogP contribution in [-0.2, 0) is 27.2 Å². The van der Waals surface area contributed by atoms with Crippen LogP contribution in [0.1, 0.15) is 18.1 Å². The summed E-state index contributed by atoms with van der Waals surface area (Å²) < 4.78 is 0. The number of benzene rings is 2. The highest BCUT2D eigenvalue weighted by atomic mass is 16.2. The summed E-state index contributed by atoms with van der Waals surface area (Å²) in [5, 5.41) is 6.34. The van der Waals surface area contributed by atoms with Crippen LogP contribution < -0.4 is 16.4 Å². The number of hydrogen-bond acceptors (Lipinski definition) is 3. The molecule has 150 valence electrons. The Hall–Kier alpha value is -3.61. The number of nitrogens with two attached hydrogens (primary N) is 1. The number of aromatic nitrogens is 1. The summed E-state index contributed by atoms with van der Waals surface area (Å²) >= 11 is 0. The molecule has 3 amide bonds. The Labute approximate surface area is 168 Å². The second-order valence-corrected chi connectivity index (χ2v) is 6.97. The number of carbonyl (C=O) groups is 3. The second-order valence-electron chi connectivity index (χ2n) is 6.97. The second kappa shape index (κ2) is 9.05. The lowest BCUT2D eigenvalue weighted by Gasteiger charge is -2.21. The summed E-state index contributed by atoms with van der Waals surface area (Å²) in [5.74, 6) is -1.41. The molecule has 1 heterocycles. The normalized spacial score (nSPS) is 12.9. The van der Waals surface area contributed by atoms with E-state index in [0.29, 0.717) is 0 Å². The van der Waals surface area contributed by atoms with Crippen LogP contribution in [0.5, 0.6) is 0 Å². The molecule has 0 fully saturated rings. The number of hydrogen-bond donors (Lipinski definition) is 4. The van der Waals surface area contributed by atoms with Gasteiger partial charge in [-0.25, -0.2) is 0 Å². The predicted molar refractivity (Wildman–Crippen MR) is 111 cm³/mol. The predicted octanol–water partition coefficient (Wildman–Crippen LogP) is 1.43. The van der Waals surface area contributed by atoms with E-state index in [4.69, 9.17) is 5.73 Å². The van der Waals surface area contributed by atoms with E-state index in [0.717, 1.165) is 22.0 Å². The highest BCUT2D eigenvalue weighted by molar-refractivity contribution is 5.92. The van der Waals surface area contributed by atoms with Crippen LogP contribution in [0, 0.1) is 0 Å². The van der Waals surface area contributed by atoms with E-state index in [-0.39, 0.29) is 18.7 Å². The number of nitrogens with one attached hydrogen (secondary N) is 3. The van der Waals surface area contributed by atoms with Crippen molar-refractivity contribution in [3.8, 4) is 0 Å². The number of H-pyrrole nitrogens is 1. The Morgan fingerprint density at radius 3 is 2.31 bits per heavy atom. The van der Waals surface area contributed by atoms with E-state index in [1.807, 2.05) is 60.8 Å². The zero-order valence-electron chi connectivity index (χ0n) is 16.1. The van der Waals surface area contributed by atoms with Gasteiger partial charge >= 0.3 is 0 Å². The summed E-state index contributed by atoms with van der Waals surface area (Å²) in [5.41, 5.74) is 8.22. The molecule has 0 spiro atoms. The van der Waals surface area contributed by atoms with Gasteiger partial charge in [-0.05, 0) is 17.2 Å². The molecule has 0 bridgehead atoms. The summed E-state index contributed by atoms with van der Waals surface area (Å²) in [4.78, 5) is 39.6. The minimum absolute atomic E-state index is 0.280. The Morgan fingerprint density at radius 1 is 0.931 bits per heavy atom. The fraction of sp³-hybridized carbons (Fsp3) is 0.227. The van der Waals surface area contributed by atoms with Gasteiger partial charge in [0.15, 0.2) is 0 Å². The zero-order chi connectivity index (χ0) is 20.8. The van der Waals surface area contributed by atoms with Crippen molar-refractivity contribution in [3.05, 3.63) is 71.9 Å². The van der Waals surface area contributed by atoms with E-state index in [1.165, 1.54) is 6.92 Å². The first-order valence-electron chi connectivity index (χ1n) is 9.39. The van der Waals surface area contributed by atoms with Crippen LogP contribution in [0.2, 0.25) is 0 Å². The average molecular weight is 392 g/mol. The van der Waals surface area contributed by atoms with Crippen molar-refractivity contribution < 1.29 is 14.4 Å². The minimum atomic E-state index is -0.871. The van der Waals surface area contributed by atoms with Crippen molar-refractivity contribution >= 4 is 28.6 Å². The highest BCUT2D eigenvalue weighted by Crippen LogP contribution is 2.19. The Bertz CT molecular complexity index is 1010. The molecular weight excluding hydrogens is 368 g/mol. The number of rotatable bonds is 8. The van der Waals surface area contributed by atoms with E-state index in [1.54, 1.807) is 0 Å². The summed E-state index contributed by atoms with van der Waals surface area (Å²) in [6.07, 6.45) is 2.39. The van der Waals surface area contributed by atoms with Crippen molar-refractivity contribution in [1.29, 1.82) is 0 Å². The molecule has 29 heavy (non-hydrogen) atoms. The van der Waals surface area contributed by atoms with Crippen LogP contribution in [-0.4, -0.2) is 34.8 Å². The van der Waals surface area contributed by atoms with Gasteiger partial charge in [0.1, 0.15) is 12.1 Å². The molecule has 2 aromatic carbocycles. The molecule has 0 aliphatic carbocycles. The number of amides is 3. The van der Waals surface area contributed by atoms with Gasteiger partial charge in [-0.1, -0.05) is 48.5 Å². The maximum Gasteiger partial charge on any atom is 0.243 e. The van der Waals surface area contributed by atoms with Crippen molar-refractivity contribution in [1.82, 2.24) is 15.6 Å².